The van der Waals surface area contributed by atoms with Crippen LogP contribution >= 0.6 is 0 Å². The van der Waals surface area contributed by atoms with Gasteiger partial charge in [-0.05, 0) is 37.6 Å². The highest BCUT2D eigenvalue weighted by Crippen LogP contribution is 2.25. The number of amides is 2. The van der Waals surface area contributed by atoms with Gasteiger partial charge in [-0.2, -0.15) is 0 Å². The molecule has 2 aromatic carbocycles. The molecule has 2 aromatic rings. The molecule has 2 amide bonds. The maximum Gasteiger partial charge on any atom is 0.251 e. The van der Waals surface area contributed by atoms with Crippen molar-refractivity contribution >= 4 is 17.5 Å². The summed E-state index contributed by atoms with van der Waals surface area (Å²) in [5, 5.41) is 2.99. The van der Waals surface area contributed by atoms with Gasteiger partial charge in [-0.25, -0.2) is 0 Å². The lowest BCUT2D eigenvalue weighted by atomic mass is 10.1. The minimum atomic E-state index is -0.194. The number of carbonyl (C=O) groups is 2. The molecule has 1 aliphatic rings. The topological polar surface area (TPSA) is 58.6 Å². The van der Waals surface area contributed by atoms with E-state index in [-0.39, 0.29) is 17.9 Å². The fourth-order valence-corrected chi connectivity index (χ4v) is 3.12. The van der Waals surface area contributed by atoms with Crippen LogP contribution in [0.25, 0.3) is 0 Å². The number of benzene rings is 2. The van der Waals surface area contributed by atoms with Gasteiger partial charge in [0.25, 0.3) is 5.91 Å². The Hall–Kier alpha value is -2.82. The second-order valence-corrected chi connectivity index (χ2v) is 6.14. The Morgan fingerprint density at radius 3 is 2.72 bits per heavy atom. The number of anilines is 1. The summed E-state index contributed by atoms with van der Waals surface area (Å²) in [6, 6.07) is 14.6. The van der Waals surface area contributed by atoms with Gasteiger partial charge in [0, 0.05) is 29.8 Å². The molecule has 1 saturated heterocycles. The van der Waals surface area contributed by atoms with Crippen LogP contribution < -0.4 is 15.0 Å². The molecule has 5 heteroatoms. The van der Waals surface area contributed by atoms with Gasteiger partial charge in [-0.1, -0.05) is 24.3 Å². The van der Waals surface area contributed by atoms with Crippen LogP contribution in [0.5, 0.6) is 5.75 Å². The number of rotatable bonds is 5. The third-order valence-corrected chi connectivity index (χ3v) is 4.45. The summed E-state index contributed by atoms with van der Waals surface area (Å²) < 4.78 is 5.36. The zero-order chi connectivity index (χ0) is 17.8. The van der Waals surface area contributed by atoms with E-state index in [4.69, 9.17) is 4.74 Å². The van der Waals surface area contributed by atoms with Crippen molar-refractivity contribution in [2.45, 2.75) is 25.8 Å². The first kappa shape index (κ1) is 17.0. The van der Waals surface area contributed by atoms with Gasteiger partial charge in [-0.15, -0.1) is 0 Å². The molecule has 1 N–H and O–H groups in total. The zero-order valence-electron chi connectivity index (χ0n) is 14.5. The number of hydrogen-bond donors (Lipinski definition) is 1. The molecule has 0 radical (unpaired) electrons. The molecular weight excluding hydrogens is 316 g/mol. The van der Waals surface area contributed by atoms with Crippen molar-refractivity contribution in [3.05, 3.63) is 59.7 Å². The lowest BCUT2D eigenvalue weighted by molar-refractivity contribution is -0.117. The lowest BCUT2D eigenvalue weighted by Crippen LogP contribution is -2.28. The third kappa shape index (κ3) is 3.65. The molecular formula is C20H22N2O3. The average molecular weight is 338 g/mol. The summed E-state index contributed by atoms with van der Waals surface area (Å²) in [6.07, 6.45) is 1.43. The molecule has 0 spiro atoms. The fourth-order valence-electron chi connectivity index (χ4n) is 3.12. The summed E-state index contributed by atoms with van der Waals surface area (Å²) in [7, 11) is 1.61. The van der Waals surface area contributed by atoms with Crippen molar-refractivity contribution in [1.82, 2.24) is 5.32 Å². The van der Waals surface area contributed by atoms with E-state index < -0.39 is 0 Å². The highest BCUT2D eigenvalue weighted by atomic mass is 16.5. The van der Waals surface area contributed by atoms with Crippen LogP contribution in [0, 0.1) is 0 Å². The molecule has 25 heavy (non-hydrogen) atoms. The molecule has 1 heterocycles. The van der Waals surface area contributed by atoms with E-state index in [1.807, 2.05) is 43.3 Å². The van der Waals surface area contributed by atoms with Crippen LogP contribution in [-0.2, 0) is 4.79 Å². The Morgan fingerprint density at radius 2 is 2.00 bits per heavy atom. The van der Waals surface area contributed by atoms with Crippen LogP contribution in [0.3, 0.4) is 0 Å². The maximum absolute atomic E-state index is 12.6. The quantitative estimate of drug-likeness (QED) is 0.910. The molecule has 0 aromatic heterocycles. The van der Waals surface area contributed by atoms with Gasteiger partial charge >= 0.3 is 0 Å². The van der Waals surface area contributed by atoms with Gasteiger partial charge in [0.15, 0.2) is 0 Å². The van der Waals surface area contributed by atoms with Crippen molar-refractivity contribution < 1.29 is 14.3 Å². The van der Waals surface area contributed by atoms with Crippen LogP contribution in [0.15, 0.2) is 48.5 Å². The molecule has 0 saturated carbocycles. The molecule has 1 aliphatic heterocycles. The average Bonchev–Trinajstić information content (AvgIpc) is 3.07. The number of para-hydroxylation sites is 1. The lowest BCUT2D eigenvalue weighted by Gasteiger charge is -2.19. The normalized spacial score (nSPS) is 15.1. The van der Waals surface area contributed by atoms with Crippen molar-refractivity contribution in [3.8, 4) is 5.75 Å². The first-order chi connectivity index (χ1) is 12.1. The number of ether oxygens (including phenoxy) is 1. The molecule has 5 nitrogen and oxygen atoms in total. The van der Waals surface area contributed by atoms with E-state index in [0.29, 0.717) is 18.5 Å². The first-order valence-electron chi connectivity index (χ1n) is 8.44. The van der Waals surface area contributed by atoms with E-state index in [1.165, 1.54) is 0 Å². The molecule has 130 valence electrons. The van der Waals surface area contributed by atoms with Gasteiger partial charge < -0.3 is 15.0 Å². The van der Waals surface area contributed by atoms with Crippen LogP contribution in [0.2, 0.25) is 0 Å². The summed E-state index contributed by atoms with van der Waals surface area (Å²) in [5.74, 6) is 0.679. The highest BCUT2D eigenvalue weighted by Gasteiger charge is 2.22. The number of carbonyl (C=O) groups excluding carboxylic acids is 2. The number of hydrogen-bond acceptors (Lipinski definition) is 3. The van der Waals surface area contributed by atoms with Crippen molar-refractivity contribution in [3.63, 3.8) is 0 Å². The van der Waals surface area contributed by atoms with Gasteiger partial charge in [0.1, 0.15) is 5.75 Å². The molecule has 3 rings (SSSR count). The van der Waals surface area contributed by atoms with E-state index in [9.17, 15) is 9.59 Å². The molecule has 1 atom stereocenters. The van der Waals surface area contributed by atoms with Gasteiger partial charge in [-0.3, -0.25) is 9.59 Å². The maximum atomic E-state index is 12.6. The number of nitrogens with zero attached hydrogens (tertiary/aromatic N) is 1. The second-order valence-electron chi connectivity index (χ2n) is 6.14. The predicted octanol–water partition coefficient (Wildman–Crippen LogP) is 3.31. The highest BCUT2D eigenvalue weighted by molar-refractivity contribution is 5.99. The van der Waals surface area contributed by atoms with E-state index in [2.05, 4.69) is 5.32 Å². The van der Waals surface area contributed by atoms with Crippen LogP contribution in [0.4, 0.5) is 5.69 Å². The Morgan fingerprint density at radius 1 is 1.20 bits per heavy atom. The monoisotopic (exact) mass is 338 g/mol. The van der Waals surface area contributed by atoms with Crippen molar-refractivity contribution in [2.75, 3.05) is 18.6 Å². The van der Waals surface area contributed by atoms with E-state index in [0.717, 1.165) is 23.4 Å². The van der Waals surface area contributed by atoms with Crippen molar-refractivity contribution in [2.24, 2.45) is 0 Å². The molecule has 0 bridgehead atoms. The van der Waals surface area contributed by atoms with Crippen LogP contribution in [-0.4, -0.2) is 25.5 Å². The summed E-state index contributed by atoms with van der Waals surface area (Å²) in [6.45, 7) is 2.63. The summed E-state index contributed by atoms with van der Waals surface area (Å²) >= 11 is 0. The Kier molecular flexibility index (Phi) is 5.03. The SMILES string of the molecule is COc1ccccc1[C@H](C)NC(=O)c1cccc(N2CCCC2=O)c1. The van der Waals surface area contributed by atoms with Gasteiger partial charge in [0.05, 0.1) is 13.2 Å². The molecule has 1 fully saturated rings. The summed E-state index contributed by atoms with van der Waals surface area (Å²) in [5.41, 5.74) is 2.24. The first-order valence-corrected chi connectivity index (χ1v) is 8.44. The van der Waals surface area contributed by atoms with E-state index in [1.54, 1.807) is 24.1 Å². The Bertz CT molecular complexity index is 788. The Labute approximate surface area is 147 Å². The molecule has 0 aliphatic carbocycles. The minimum Gasteiger partial charge on any atom is -0.496 e. The molecule has 0 unspecified atom stereocenters. The number of methoxy groups -OCH3 is 1. The minimum absolute atomic E-state index is 0.111. The fraction of sp³-hybridized carbons (Fsp3) is 0.300. The van der Waals surface area contributed by atoms with E-state index >= 15 is 0 Å². The number of nitrogens with one attached hydrogen (secondary N) is 1. The second kappa shape index (κ2) is 7.38. The van der Waals surface area contributed by atoms with Crippen LogP contribution in [0.1, 0.15) is 41.7 Å². The largest absolute Gasteiger partial charge is 0.496 e. The summed E-state index contributed by atoms with van der Waals surface area (Å²) in [4.78, 5) is 26.3. The zero-order valence-corrected chi connectivity index (χ0v) is 14.5. The van der Waals surface area contributed by atoms with Gasteiger partial charge in [0.2, 0.25) is 5.91 Å². The smallest absolute Gasteiger partial charge is 0.251 e. The predicted molar refractivity (Wildman–Crippen MR) is 96.9 cm³/mol. The standard InChI is InChI=1S/C20H22N2O3/c1-14(17-9-3-4-10-18(17)25-2)21-20(24)15-7-5-8-16(13-15)22-12-6-11-19(22)23/h3-5,7-10,13-14H,6,11-12H2,1-2H3,(H,21,24)/t14-/m0/s1. The van der Waals surface area contributed by atoms with Crippen molar-refractivity contribution in [1.29, 1.82) is 0 Å². The third-order valence-electron chi connectivity index (χ3n) is 4.45. The Balaban J connectivity index is 1.76.